The van der Waals surface area contributed by atoms with Gasteiger partial charge in [-0.2, -0.15) is 0 Å². The van der Waals surface area contributed by atoms with Gasteiger partial charge in [0.15, 0.2) is 0 Å². The molecule has 2 aliphatic heterocycles. The minimum absolute atomic E-state index is 0.140. The van der Waals surface area contributed by atoms with Gasteiger partial charge in [0.2, 0.25) is 5.91 Å². The molecule has 0 aliphatic carbocycles. The highest BCUT2D eigenvalue weighted by Crippen LogP contribution is 2.32. The molecule has 1 aromatic carbocycles. The molecule has 5 nitrogen and oxygen atoms in total. The Morgan fingerprint density at radius 2 is 2.11 bits per heavy atom. The van der Waals surface area contributed by atoms with Gasteiger partial charge in [-0.25, -0.2) is 4.98 Å². The summed E-state index contributed by atoms with van der Waals surface area (Å²) in [7, 11) is 0. The van der Waals surface area contributed by atoms with Crippen molar-refractivity contribution in [1.29, 1.82) is 0 Å². The molecule has 1 saturated heterocycles. The molecule has 1 amide bonds. The van der Waals surface area contributed by atoms with Crippen molar-refractivity contribution in [2.75, 3.05) is 26.2 Å². The minimum atomic E-state index is 0.140. The lowest BCUT2D eigenvalue weighted by molar-refractivity contribution is -0.129. The fourth-order valence-corrected chi connectivity index (χ4v) is 5.19. The number of amides is 1. The number of rotatable bonds is 6. The maximum Gasteiger partial charge on any atom is 0.219 e. The second-order valence-corrected chi connectivity index (χ2v) is 8.92. The number of carbonyl (C=O) groups excluding carboxylic acids is 1. The largest absolute Gasteiger partial charge is 0.494 e. The Kier molecular flexibility index (Phi) is 5.97. The maximum absolute atomic E-state index is 11.6. The molecule has 2 aromatic rings. The van der Waals surface area contributed by atoms with Gasteiger partial charge in [-0.3, -0.25) is 4.79 Å². The molecule has 4 rings (SSSR count). The third-order valence-corrected chi connectivity index (χ3v) is 6.96. The quantitative estimate of drug-likeness (QED) is 0.690. The summed E-state index contributed by atoms with van der Waals surface area (Å²) >= 11 is 1.70. The van der Waals surface area contributed by atoms with Gasteiger partial charge in [0.05, 0.1) is 18.8 Å². The topological polar surface area (TPSA) is 45.7 Å². The van der Waals surface area contributed by atoms with Crippen LogP contribution in [0, 0.1) is 0 Å². The summed E-state index contributed by atoms with van der Waals surface area (Å²) in [5.74, 6) is 1.06. The molecule has 28 heavy (non-hydrogen) atoms. The highest BCUT2D eigenvalue weighted by Gasteiger charge is 2.22. The number of hydrogen-bond donors (Lipinski definition) is 0. The van der Waals surface area contributed by atoms with Gasteiger partial charge < -0.3 is 14.5 Å². The number of hydrogen-bond acceptors (Lipinski definition) is 5. The Balaban J connectivity index is 1.31. The monoisotopic (exact) mass is 399 g/mol. The van der Waals surface area contributed by atoms with Gasteiger partial charge in [0.25, 0.3) is 0 Å². The number of ether oxygens (including phenoxy) is 1. The highest BCUT2D eigenvalue weighted by atomic mass is 32.1. The molecule has 0 N–H and O–H groups in total. The van der Waals surface area contributed by atoms with E-state index in [0.717, 1.165) is 60.6 Å². The normalized spacial score (nSPS) is 19.6. The predicted octanol–water partition coefficient (Wildman–Crippen LogP) is 3.97. The number of likely N-dealkylation sites (tertiary alicyclic amines) is 1. The molecule has 1 fully saturated rings. The van der Waals surface area contributed by atoms with E-state index in [1.807, 2.05) is 17.0 Å². The van der Waals surface area contributed by atoms with Crippen LogP contribution >= 0.6 is 11.3 Å². The molecule has 2 aliphatic rings. The van der Waals surface area contributed by atoms with Crippen LogP contribution in [0.1, 0.15) is 43.7 Å². The Bertz CT molecular complexity index is 818. The first-order chi connectivity index (χ1) is 13.6. The van der Waals surface area contributed by atoms with Gasteiger partial charge in [-0.05, 0) is 57.0 Å². The summed E-state index contributed by atoms with van der Waals surface area (Å²) in [5.41, 5.74) is 2.26. The Hall–Kier alpha value is -1.92. The molecule has 0 unspecified atom stereocenters. The third kappa shape index (κ3) is 4.39. The first-order valence-corrected chi connectivity index (χ1v) is 11.1. The Morgan fingerprint density at radius 3 is 2.82 bits per heavy atom. The standard InChI is InChI=1S/C22H29N3O2S/c1-16-5-3-11-24(16)12-4-14-27-19-8-6-18(7-9-19)22-23-20-10-13-25(17(2)26)15-21(20)28-22/h6-9,16H,3-5,10-15H2,1-2H3/t16-/m0/s1. The Morgan fingerprint density at radius 1 is 1.29 bits per heavy atom. The Labute approximate surface area is 171 Å². The molecule has 0 saturated carbocycles. The van der Waals surface area contributed by atoms with Crippen molar-refractivity contribution >= 4 is 17.2 Å². The van der Waals surface area contributed by atoms with Crippen molar-refractivity contribution < 1.29 is 9.53 Å². The number of carbonyl (C=O) groups is 1. The van der Waals surface area contributed by atoms with Crippen LogP contribution in [0.25, 0.3) is 10.6 Å². The maximum atomic E-state index is 11.6. The third-order valence-electron chi connectivity index (χ3n) is 5.83. The van der Waals surface area contributed by atoms with Crippen LogP contribution in [0.2, 0.25) is 0 Å². The van der Waals surface area contributed by atoms with Crippen LogP contribution in [0.4, 0.5) is 0 Å². The van der Waals surface area contributed by atoms with E-state index in [1.54, 1.807) is 18.3 Å². The van der Waals surface area contributed by atoms with Crippen molar-refractivity contribution in [1.82, 2.24) is 14.8 Å². The molecule has 150 valence electrons. The lowest BCUT2D eigenvalue weighted by Gasteiger charge is -2.24. The van der Waals surface area contributed by atoms with Crippen molar-refractivity contribution in [3.05, 3.63) is 34.8 Å². The van der Waals surface area contributed by atoms with Crippen molar-refractivity contribution in [2.24, 2.45) is 0 Å². The lowest BCUT2D eigenvalue weighted by atomic mass is 10.2. The van der Waals surface area contributed by atoms with Gasteiger partial charge in [-0.15, -0.1) is 11.3 Å². The number of benzene rings is 1. The number of fused-ring (bicyclic) bond motifs is 1. The summed E-state index contributed by atoms with van der Waals surface area (Å²) < 4.78 is 5.93. The second-order valence-electron chi connectivity index (χ2n) is 7.83. The van der Waals surface area contributed by atoms with Crippen molar-refractivity contribution in [3.63, 3.8) is 0 Å². The average molecular weight is 400 g/mol. The van der Waals surface area contributed by atoms with Gasteiger partial charge in [0, 0.05) is 42.9 Å². The number of nitrogens with zero attached hydrogens (tertiary/aromatic N) is 3. The molecule has 0 radical (unpaired) electrons. The van der Waals surface area contributed by atoms with Gasteiger partial charge >= 0.3 is 0 Å². The van der Waals surface area contributed by atoms with Crippen LogP contribution in [-0.4, -0.2) is 53.0 Å². The summed E-state index contributed by atoms with van der Waals surface area (Å²) in [6, 6.07) is 8.98. The van der Waals surface area contributed by atoms with E-state index in [1.165, 1.54) is 24.3 Å². The van der Waals surface area contributed by atoms with E-state index >= 15 is 0 Å². The first kappa shape index (κ1) is 19.4. The fraction of sp³-hybridized carbons (Fsp3) is 0.545. The molecular formula is C22H29N3O2S. The summed E-state index contributed by atoms with van der Waals surface area (Å²) in [6.45, 7) is 8.54. The van der Waals surface area contributed by atoms with E-state index in [4.69, 9.17) is 9.72 Å². The van der Waals surface area contributed by atoms with E-state index in [2.05, 4.69) is 24.0 Å². The average Bonchev–Trinajstić information content (AvgIpc) is 3.31. The van der Waals surface area contributed by atoms with E-state index < -0.39 is 0 Å². The SMILES string of the molecule is CC(=O)N1CCc2nc(-c3ccc(OCCCN4CCC[C@@H]4C)cc3)sc2C1. The van der Waals surface area contributed by atoms with Crippen LogP contribution < -0.4 is 4.74 Å². The van der Waals surface area contributed by atoms with Crippen LogP contribution in [0.5, 0.6) is 5.75 Å². The molecule has 3 heterocycles. The molecule has 0 bridgehead atoms. The van der Waals surface area contributed by atoms with Crippen molar-refractivity contribution in [3.8, 4) is 16.3 Å². The predicted molar refractivity (Wildman–Crippen MR) is 113 cm³/mol. The second kappa shape index (κ2) is 8.62. The molecule has 0 spiro atoms. The zero-order chi connectivity index (χ0) is 19.5. The first-order valence-electron chi connectivity index (χ1n) is 10.3. The smallest absolute Gasteiger partial charge is 0.219 e. The molecule has 1 atom stereocenters. The summed E-state index contributed by atoms with van der Waals surface area (Å²) in [6.07, 6.45) is 4.58. The zero-order valence-corrected chi connectivity index (χ0v) is 17.6. The molecule has 6 heteroatoms. The van der Waals surface area contributed by atoms with E-state index in [-0.39, 0.29) is 5.91 Å². The summed E-state index contributed by atoms with van der Waals surface area (Å²) in [4.78, 5) is 22.1. The number of aromatic nitrogens is 1. The fourth-order valence-electron chi connectivity index (χ4n) is 4.06. The van der Waals surface area contributed by atoms with Crippen LogP contribution in [0.15, 0.2) is 24.3 Å². The van der Waals surface area contributed by atoms with Gasteiger partial charge in [0.1, 0.15) is 10.8 Å². The van der Waals surface area contributed by atoms with Gasteiger partial charge in [-0.1, -0.05) is 0 Å². The summed E-state index contributed by atoms with van der Waals surface area (Å²) in [5, 5.41) is 1.03. The zero-order valence-electron chi connectivity index (χ0n) is 16.8. The minimum Gasteiger partial charge on any atom is -0.494 e. The lowest BCUT2D eigenvalue weighted by Crippen LogP contribution is -2.33. The molecular weight excluding hydrogens is 370 g/mol. The molecule has 1 aromatic heterocycles. The van der Waals surface area contributed by atoms with E-state index in [9.17, 15) is 4.79 Å². The van der Waals surface area contributed by atoms with Crippen molar-refractivity contribution in [2.45, 2.75) is 52.1 Å². The van der Waals surface area contributed by atoms with E-state index in [0.29, 0.717) is 6.54 Å². The highest BCUT2D eigenvalue weighted by molar-refractivity contribution is 7.15. The number of thiazole rings is 1. The van der Waals surface area contributed by atoms with Crippen LogP contribution in [-0.2, 0) is 17.8 Å². The van der Waals surface area contributed by atoms with Crippen LogP contribution in [0.3, 0.4) is 0 Å².